The Balaban J connectivity index is 2.12. The van der Waals surface area contributed by atoms with Crippen LogP contribution in [0.3, 0.4) is 0 Å². The Bertz CT molecular complexity index is 722. The summed E-state index contributed by atoms with van der Waals surface area (Å²) < 4.78 is 27.6. The predicted molar refractivity (Wildman–Crippen MR) is 85.3 cm³/mol. The molecule has 0 unspecified atom stereocenters. The number of rotatable bonds is 4. The largest absolute Gasteiger partial charge is 0.366 e. The Morgan fingerprint density at radius 1 is 1.26 bits per heavy atom. The molecule has 0 atom stereocenters. The normalized spacial score (nSPS) is 16.3. The van der Waals surface area contributed by atoms with Crippen LogP contribution in [-0.2, 0) is 14.8 Å². The maximum Gasteiger partial charge on any atom is 0.249 e. The molecule has 0 bridgehead atoms. The Morgan fingerprint density at radius 3 is 2.39 bits per heavy atom. The lowest BCUT2D eigenvalue weighted by Gasteiger charge is -2.31. The van der Waals surface area contributed by atoms with Gasteiger partial charge in [-0.2, -0.15) is 0 Å². The van der Waals surface area contributed by atoms with Crippen LogP contribution in [-0.4, -0.2) is 44.3 Å². The molecule has 0 saturated carbocycles. The number of likely N-dealkylation sites (tertiary alicyclic amines) is 1. The first-order valence-electron chi connectivity index (χ1n) is 7.39. The molecule has 1 aromatic carbocycles. The van der Waals surface area contributed by atoms with E-state index in [2.05, 4.69) is 4.72 Å². The highest BCUT2D eigenvalue weighted by Gasteiger charge is 2.26. The van der Waals surface area contributed by atoms with Gasteiger partial charge in [0.25, 0.3) is 0 Å². The van der Waals surface area contributed by atoms with Gasteiger partial charge in [0.15, 0.2) is 0 Å². The Labute approximate surface area is 135 Å². The number of nitrogens with zero attached hydrogens (tertiary/aromatic N) is 1. The molecule has 1 heterocycles. The van der Waals surface area contributed by atoms with Crippen molar-refractivity contribution in [3.8, 4) is 0 Å². The second-order valence-electron chi connectivity index (χ2n) is 5.74. The lowest BCUT2D eigenvalue weighted by Crippen LogP contribution is -2.45. The van der Waals surface area contributed by atoms with Gasteiger partial charge in [0.1, 0.15) is 0 Å². The molecule has 2 rings (SSSR count). The molecule has 1 aliphatic heterocycles. The number of piperidine rings is 1. The minimum absolute atomic E-state index is 0.00376. The summed E-state index contributed by atoms with van der Waals surface area (Å²) in [6.45, 7) is 4.26. The third-order valence-corrected chi connectivity index (χ3v) is 5.57. The molecule has 3 N–H and O–H groups in total. The fraction of sp³-hybridized carbons (Fsp3) is 0.467. The van der Waals surface area contributed by atoms with E-state index in [1.807, 2.05) is 0 Å². The Morgan fingerprint density at radius 2 is 1.87 bits per heavy atom. The van der Waals surface area contributed by atoms with Crippen LogP contribution in [0.15, 0.2) is 23.1 Å². The molecule has 1 fully saturated rings. The summed E-state index contributed by atoms with van der Waals surface area (Å²) in [6.07, 6.45) is 1.13. The molecule has 0 aliphatic carbocycles. The van der Waals surface area contributed by atoms with Crippen molar-refractivity contribution >= 4 is 21.8 Å². The molecular weight excluding hydrogens is 318 g/mol. The molecule has 0 radical (unpaired) electrons. The lowest BCUT2D eigenvalue weighted by atomic mass is 10.1. The molecule has 23 heavy (non-hydrogen) atoms. The number of primary amides is 1. The van der Waals surface area contributed by atoms with Crippen molar-refractivity contribution in [2.75, 3.05) is 13.1 Å². The zero-order chi connectivity index (χ0) is 17.2. The SMILES string of the molecule is CC(=O)N1CCC(NS(=O)(=O)c2ccc(C)c(C(N)=O)c2)CC1. The molecule has 7 nitrogen and oxygen atoms in total. The zero-order valence-corrected chi connectivity index (χ0v) is 14.0. The third kappa shape index (κ3) is 4.08. The quantitative estimate of drug-likeness (QED) is 0.826. The second-order valence-corrected chi connectivity index (χ2v) is 7.46. The number of sulfonamides is 1. The van der Waals surface area contributed by atoms with Gasteiger partial charge in [0.2, 0.25) is 21.8 Å². The predicted octanol–water partition coefficient (Wildman–Crippen LogP) is 0.383. The number of carbonyl (C=O) groups is 2. The number of hydrogen-bond acceptors (Lipinski definition) is 4. The molecule has 0 spiro atoms. The van der Waals surface area contributed by atoms with E-state index < -0.39 is 15.9 Å². The van der Waals surface area contributed by atoms with E-state index in [9.17, 15) is 18.0 Å². The van der Waals surface area contributed by atoms with E-state index in [1.54, 1.807) is 17.9 Å². The lowest BCUT2D eigenvalue weighted by molar-refractivity contribution is -0.129. The number of amides is 2. The molecule has 1 aromatic rings. The minimum atomic E-state index is -3.73. The van der Waals surface area contributed by atoms with Gasteiger partial charge in [-0.05, 0) is 37.5 Å². The van der Waals surface area contributed by atoms with Gasteiger partial charge >= 0.3 is 0 Å². The number of nitrogens with one attached hydrogen (secondary N) is 1. The van der Waals surface area contributed by atoms with Crippen LogP contribution in [0.1, 0.15) is 35.7 Å². The van der Waals surface area contributed by atoms with Gasteiger partial charge in [-0.1, -0.05) is 6.07 Å². The molecule has 0 aromatic heterocycles. The summed E-state index contributed by atoms with van der Waals surface area (Å²) in [5.74, 6) is -0.662. The average molecular weight is 339 g/mol. The summed E-state index contributed by atoms with van der Waals surface area (Å²) in [4.78, 5) is 24.4. The third-order valence-electron chi connectivity index (χ3n) is 4.05. The van der Waals surface area contributed by atoms with Crippen LogP contribution >= 0.6 is 0 Å². The van der Waals surface area contributed by atoms with Gasteiger partial charge < -0.3 is 10.6 Å². The fourth-order valence-corrected chi connectivity index (χ4v) is 3.96. The number of benzene rings is 1. The van der Waals surface area contributed by atoms with E-state index in [0.29, 0.717) is 31.5 Å². The smallest absolute Gasteiger partial charge is 0.249 e. The molecular formula is C15H21N3O4S. The number of nitrogens with two attached hydrogens (primary N) is 1. The topological polar surface area (TPSA) is 110 Å². The van der Waals surface area contributed by atoms with Gasteiger partial charge in [0, 0.05) is 31.6 Å². The van der Waals surface area contributed by atoms with Crippen LogP contribution in [0.25, 0.3) is 0 Å². The van der Waals surface area contributed by atoms with Crippen molar-refractivity contribution in [2.24, 2.45) is 5.73 Å². The van der Waals surface area contributed by atoms with Crippen molar-refractivity contribution in [1.82, 2.24) is 9.62 Å². The van der Waals surface area contributed by atoms with Crippen molar-refractivity contribution in [2.45, 2.75) is 37.6 Å². The summed E-state index contributed by atoms with van der Waals surface area (Å²) in [6, 6.07) is 4.08. The molecule has 126 valence electrons. The summed E-state index contributed by atoms with van der Waals surface area (Å²) in [5, 5.41) is 0. The summed E-state index contributed by atoms with van der Waals surface area (Å²) in [5.41, 5.74) is 6.09. The maximum absolute atomic E-state index is 12.5. The molecule has 2 amide bonds. The van der Waals surface area contributed by atoms with Gasteiger partial charge in [-0.15, -0.1) is 0 Å². The number of carbonyl (C=O) groups excluding carboxylic acids is 2. The van der Waals surface area contributed by atoms with Gasteiger partial charge in [0.05, 0.1) is 4.90 Å². The second kappa shape index (κ2) is 6.67. The minimum Gasteiger partial charge on any atom is -0.366 e. The zero-order valence-electron chi connectivity index (χ0n) is 13.2. The number of aryl methyl sites for hydroxylation is 1. The van der Waals surface area contributed by atoms with Crippen molar-refractivity contribution in [3.05, 3.63) is 29.3 Å². The van der Waals surface area contributed by atoms with E-state index in [4.69, 9.17) is 5.73 Å². The first-order valence-corrected chi connectivity index (χ1v) is 8.87. The summed E-state index contributed by atoms with van der Waals surface area (Å²) >= 11 is 0. The van der Waals surface area contributed by atoms with Crippen molar-refractivity contribution in [3.63, 3.8) is 0 Å². The van der Waals surface area contributed by atoms with Crippen LogP contribution in [0.4, 0.5) is 0 Å². The van der Waals surface area contributed by atoms with E-state index in [1.165, 1.54) is 19.1 Å². The molecule has 1 saturated heterocycles. The first-order chi connectivity index (χ1) is 10.7. The average Bonchev–Trinajstić information content (AvgIpc) is 2.47. The summed E-state index contributed by atoms with van der Waals surface area (Å²) in [7, 11) is -3.73. The molecule has 8 heteroatoms. The van der Waals surface area contributed by atoms with Crippen LogP contribution < -0.4 is 10.5 Å². The fourth-order valence-electron chi connectivity index (χ4n) is 2.63. The highest BCUT2D eigenvalue weighted by Crippen LogP contribution is 2.18. The standard InChI is InChI=1S/C15H21N3O4S/c1-10-3-4-13(9-14(10)15(16)20)23(21,22)17-12-5-7-18(8-6-12)11(2)19/h3-4,9,12,17H,5-8H2,1-2H3,(H2,16,20). The van der Waals surface area contributed by atoms with E-state index >= 15 is 0 Å². The van der Waals surface area contributed by atoms with E-state index in [0.717, 1.165) is 0 Å². The van der Waals surface area contributed by atoms with E-state index in [-0.39, 0.29) is 22.4 Å². The van der Waals surface area contributed by atoms with Gasteiger partial charge in [-0.3, -0.25) is 9.59 Å². The monoisotopic (exact) mass is 339 g/mol. The van der Waals surface area contributed by atoms with Crippen LogP contribution in [0.5, 0.6) is 0 Å². The first kappa shape index (κ1) is 17.4. The maximum atomic E-state index is 12.5. The number of hydrogen-bond donors (Lipinski definition) is 2. The van der Waals surface area contributed by atoms with Crippen LogP contribution in [0, 0.1) is 6.92 Å². The Kier molecular flexibility index (Phi) is 5.06. The Hall–Kier alpha value is -1.93. The van der Waals surface area contributed by atoms with Crippen LogP contribution in [0.2, 0.25) is 0 Å². The van der Waals surface area contributed by atoms with Crippen molar-refractivity contribution in [1.29, 1.82) is 0 Å². The highest BCUT2D eigenvalue weighted by atomic mass is 32.2. The highest BCUT2D eigenvalue weighted by molar-refractivity contribution is 7.89. The van der Waals surface area contributed by atoms with Gasteiger partial charge in [-0.25, -0.2) is 13.1 Å². The van der Waals surface area contributed by atoms with Crippen molar-refractivity contribution < 1.29 is 18.0 Å². The molecule has 1 aliphatic rings.